The molecule has 9 nitrogen and oxygen atoms in total. The summed E-state index contributed by atoms with van der Waals surface area (Å²) in [5.74, 6) is -0.310. The number of nitrogens with zero attached hydrogens (tertiary/aromatic N) is 2. The van der Waals surface area contributed by atoms with Crippen molar-refractivity contribution in [1.29, 1.82) is 0 Å². The van der Waals surface area contributed by atoms with E-state index in [1.807, 2.05) is 30.5 Å². The third-order valence-corrected chi connectivity index (χ3v) is 9.27. The number of carbonyl (C=O) groups excluding carboxylic acids is 1. The number of hydrogen-bond acceptors (Lipinski definition) is 7. The fourth-order valence-electron chi connectivity index (χ4n) is 5.02. The molecule has 0 fully saturated rings. The van der Waals surface area contributed by atoms with Gasteiger partial charge in [-0.3, -0.25) is 4.72 Å². The van der Waals surface area contributed by atoms with E-state index in [0.717, 1.165) is 43.5 Å². The molecule has 0 aliphatic rings. The average Bonchev–Trinajstić information content (AvgIpc) is 3.43. The molecule has 1 heterocycles. The van der Waals surface area contributed by atoms with E-state index < -0.39 is 16.1 Å². The van der Waals surface area contributed by atoms with Crippen molar-refractivity contribution in [1.82, 2.24) is 14.8 Å². The first-order valence-corrected chi connectivity index (χ1v) is 16.6. The smallest absolute Gasteiger partial charge is 0.338 e. The highest BCUT2D eigenvalue weighted by molar-refractivity contribution is 7.92. The zero-order valence-electron chi connectivity index (χ0n) is 26.0. The van der Waals surface area contributed by atoms with E-state index in [-0.39, 0.29) is 16.4 Å². The number of ether oxygens (including phenoxy) is 1. The van der Waals surface area contributed by atoms with Gasteiger partial charge in [-0.05, 0) is 87.5 Å². The first-order chi connectivity index (χ1) is 21.0. The van der Waals surface area contributed by atoms with Crippen LogP contribution in [0.4, 0.5) is 5.69 Å². The second-order valence-corrected chi connectivity index (χ2v) is 13.2. The summed E-state index contributed by atoms with van der Waals surface area (Å²) in [7, 11) is -3.73. The summed E-state index contributed by atoms with van der Waals surface area (Å²) in [5, 5.41) is 15.3. The van der Waals surface area contributed by atoms with Crippen LogP contribution in [0.5, 0.6) is 0 Å². The average molecular weight is 621 g/mol. The standard InChI is InChI=1S/C34H44N4O5S/c1-5-37(6-2)21-22-43-33(40)28-15-16-31-26(23-28)17-19-38(31)20-18-34(3,4)35-25-32(39)27-11-10-12-29(24-27)36-44(41,42)30-13-8-7-9-14-30/h7-17,19,23-24,32,35-36,39H,5-6,18,20-22,25H2,1-4H3/t32-/m0/s1. The number of hydrogen-bond donors (Lipinski definition) is 3. The molecule has 10 heteroatoms. The highest BCUT2D eigenvalue weighted by Crippen LogP contribution is 2.23. The molecule has 3 N–H and O–H groups in total. The Bertz CT molecular complexity index is 1630. The van der Waals surface area contributed by atoms with Gasteiger partial charge in [0, 0.05) is 48.0 Å². The lowest BCUT2D eigenvalue weighted by atomic mass is 9.99. The second kappa shape index (κ2) is 14.9. The van der Waals surface area contributed by atoms with Gasteiger partial charge < -0.3 is 24.6 Å². The molecule has 0 saturated carbocycles. The van der Waals surface area contributed by atoms with Crippen LogP contribution in [0.3, 0.4) is 0 Å². The molecule has 0 unspecified atom stereocenters. The summed E-state index contributed by atoms with van der Waals surface area (Å²) in [6, 6.07) is 22.6. The largest absolute Gasteiger partial charge is 0.461 e. The zero-order valence-corrected chi connectivity index (χ0v) is 26.8. The maximum absolute atomic E-state index is 12.7. The number of aromatic nitrogens is 1. The van der Waals surface area contributed by atoms with Gasteiger partial charge in [0.1, 0.15) is 6.61 Å². The van der Waals surface area contributed by atoms with Gasteiger partial charge in [-0.15, -0.1) is 0 Å². The summed E-state index contributed by atoms with van der Waals surface area (Å²) in [6.45, 7) is 12.3. The van der Waals surface area contributed by atoms with Crippen LogP contribution < -0.4 is 10.0 Å². The molecular weight excluding hydrogens is 576 g/mol. The Kier molecular flexibility index (Phi) is 11.2. The van der Waals surface area contributed by atoms with E-state index in [0.29, 0.717) is 30.0 Å². The Balaban J connectivity index is 1.30. The maximum atomic E-state index is 12.7. The van der Waals surface area contributed by atoms with Crippen molar-refractivity contribution in [3.8, 4) is 0 Å². The van der Waals surface area contributed by atoms with E-state index in [1.54, 1.807) is 42.5 Å². The first-order valence-electron chi connectivity index (χ1n) is 15.1. The molecule has 1 aromatic heterocycles. The second-order valence-electron chi connectivity index (χ2n) is 11.5. The van der Waals surface area contributed by atoms with Crippen molar-refractivity contribution in [3.05, 3.63) is 96.2 Å². The molecule has 0 saturated heterocycles. The molecule has 4 aromatic rings. The topological polar surface area (TPSA) is 113 Å². The minimum Gasteiger partial charge on any atom is -0.461 e. The quantitative estimate of drug-likeness (QED) is 0.143. The molecule has 4 rings (SSSR count). The van der Waals surface area contributed by atoms with Crippen LogP contribution in [0.1, 0.15) is 56.1 Å². The molecule has 1 atom stereocenters. The van der Waals surface area contributed by atoms with E-state index in [1.165, 1.54) is 12.1 Å². The number of likely N-dealkylation sites (N-methyl/N-ethyl adjacent to an activating group) is 1. The Hall–Kier alpha value is -3.70. The third-order valence-electron chi connectivity index (χ3n) is 7.87. The molecule has 0 aliphatic heterocycles. The van der Waals surface area contributed by atoms with Gasteiger partial charge in [-0.1, -0.05) is 44.2 Å². The number of benzene rings is 3. The Morgan fingerprint density at radius 2 is 1.75 bits per heavy atom. The highest BCUT2D eigenvalue weighted by atomic mass is 32.2. The number of nitrogens with one attached hydrogen (secondary N) is 2. The zero-order chi connectivity index (χ0) is 31.7. The fraction of sp³-hybridized carbons (Fsp3) is 0.382. The number of aliphatic hydroxyl groups excluding tert-OH is 1. The van der Waals surface area contributed by atoms with Crippen LogP contribution in [0.25, 0.3) is 10.9 Å². The number of carbonyl (C=O) groups is 1. The Morgan fingerprint density at radius 1 is 1.00 bits per heavy atom. The number of rotatable bonds is 16. The van der Waals surface area contributed by atoms with Crippen LogP contribution >= 0.6 is 0 Å². The van der Waals surface area contributed by atoms with Gasteiger partial charge >= 0.3 is 5.97 Å². The number of esters is 1. The van der Waals surface area contributed by atoms with Gasteiger partial charge in [-0.25, -0.2) is 13.2 Å². The van der Waals surface area contributed by atoms with Crippen molar-refractivity contribution in [3.63, 3.8) is 0 Å². The maximum Gasteiger partial charge on any atom is 0.338 e. The molecule has 3 aromatic carbocycles. The lowest BCUT2D eigenvalue weighted by molar-refractivity contribution is 0.0466. The molecule has 0 bridgehead atoms. The number of aliphatic hydroxyl groups is 1. The van der Waals surface area contributed by atoms with E-state index in [4.69, 9.17) is 4.74 Å². The van der Waals surface area contributed by atoms with Crippen molar-refractivity contribution in [2.24, 2.45) is 0 Å². The van der Waals surface area contributed by atoms with Crippen LogP contribution in [0.2, 0.25) is 0 Å². The number of β-amino-alcohol motifs (C(OH)–C–C–N with tert-alkyl or cyclic N) is 1. The predicted molar refractivity (Wildman–Crippen MR) is 175 cm³/mol. The van der Waals surface area contributed by atoms with E-state index in [9.17, 15) is 18.3 Å². The molecule has 44 heavy (non-hydrogen) atoms. The van der Waals surface area contributed by atoms with Gasteiger partial charge in [0.05, 0.1) is 16.6 Å². The van der Waals surface area contributed by atoms with E-state index in [2.05, 4.69) is 47.2 Å². The van der Waals surface area contributed by atoms with Gasteiger partial charge in [-0.2, -0.15) is 0 Å². The SMILES string of the molecule is CCN(CC)CCOC(=O)c1ccc2c(ccn2CCC(C)(C)NC[C@H](O)c2cccc(NS(=O)(=O)c3ccccc3)c2)c1. The number of sulfonamides is 1. The normalized spacial score (nSPS) is 12.9. The van der Waals surface area contributed by atoms with Crippen LogP contribution in [0, 0.1) is 0 Å². The van der Waals surface area contributed by atoms with Gasteiger partial charge in [0.25, 0.3) is 10.0 Å². The Morgan fingerprint density at radius 3 is 2.48 bits per heavy atom. The fourth-order valence-corrected chi connectivity index (χ4v) is 6.09. The molecule has 236 valence electrons. The molecular formula is C34H44N4O5S. The monoisotopic (exact) mass is 620 g/mol. The summed E-state index contributed by atoms with van der Waals surface area (Å²) in [4.78, 5) is 15.0. The van der Waals surface area contributed by atoms with Crippen molar-refractivity contribution in [2.45, 2.75) is 57.2 Å². The third kappa shape index (κ3) is 8.92. The Labute approximate surface area is 260 Å². The molecule has 0 radical (unpaired) electrons. The number of anilines is 1. The summed E-state index contributed by atoms with van der Waals surface area (Å²) < 4.78 is 35.6. The predicted octanol–water partition coefficient (Wildman–Crippen LogP) is 5.43. The lowest BCUT2D eigenvalue weighted by Crippen LogP contribution is -2.42. The minimum atomic E-state index is -3.73. The van der Waals surface area contributed by atoms with Crippen molar-refractivity contribution >= 4 is 32.6 Å². The molecule has 0 aliphatic carbocycles. The van der Waals surface area contributed by atoms with Gasteiger partial charge in [0.2, 0.25) is 0 Å². The summed E-state index contributed by atoms with van der Waals surface area (Å²) in [5.41, 5.74) is 2.29. The number of aryl methyl sites for hydroxylation is 1. The van der Waals surface area contributed by atoms with Gasteiger partial charge in [0.15, 0.2) is 0 Å². The van der Waals surface area contributed by atoms with Crippen molar-refractivity contribution in [2.75, 3.05) is 37.5 Å². The van der Waals surface area contributed by atoms with Crippen LogP contribution in [-0.2, 0) is 21.3 Å². The molecule has 0 spiro atoms. The lowest BCUT2D eigenvalue weighted by Gasteiger charge is -2.28. The molecule has 0 amide bonds. The summed E-state index contributed by atoms with van der Waals surface area (Å²) in [6.07, 6.45) is 1.98. The van der Waals surface area contributed by atoms with Crippen LogP contribution in [0.15, 0.2) is 90.0 Å². The first kappa shape index (κ1) is 33.2. The van der Waals surface area contributed by atoms with Crippen LogP contribution in [-0.4, -0.2) is 67.3 Å². The number of fused-ring (bicyclic) bond motifs is 1. The van der Waals surface area contributed by atoms with E-state index >= 15 is 0 Å². The minimum absolute atomic E-state index is 0.175. The van der Waals surface area contributed by atoms with Crippen molar-refractivity contribution < 1.29 is 23.1 Å². The summed E-state index contributed by atoms with van der Waals surface area (Å²) >= 11 is 0. The highest BCUT2D eigenvalue weighted by Gasteiger charge is 2.21.